The Bertz CT molecular complexity index is 749. The summed E-state index contributed by atoms with van der Waals surface area (Å²) in [5, 5.41) is 9.01. The Kier molecular flexibility index (Phi) is 6.95. The van der Waals surface area contributed by atoms with E-state index in [1.807, 2.05) is 6.07 Å². The Morgan fingerprint density at radius 3 is 2.48 bits per heavy atom. The summed E-state index contributed by atoms with van der Waals surface area (Å²) >= 11 is 0. The van der Waals surface area contributed by atoms with Gasteiger partial charge >= 0.3 is 6.03 Å². The Morgan fingerprint density at radius 1 is 1.10 bits per heavy atom. The van der Waals surface area contributed by atoms with Crippen molar-refractivity contribution in [3.05, 3.63) is 23.9 Å². The standard InChI is InChI=1S/C23H34N4O4/c1-30-7-8-31-21-19(3-2-5-24-21)15-26-20(28)4-6-25-22(29)27-23-12-16-9-17(13-23)11-18(10-16)14-23/h2-3,5,16-18H,4,6-15H2,1H3,(H,26,28)(H2,25,27,29). The van der Waals surface area contributed by atoms with E-state index in [1.165, 1.54) is 19.3 Å². The summed E-state index contributed by atoms with van der Waals surface area (Å²) in [5.41, 5.74) is 0.792. The van der Waals surface area contributed by atoms with Crippen LogP contribution >= 0.6 is 0 Å². The zero-order chi connectivity index (χ0) is 21.7. The first-order valence-electron chi connectivity index (χ1n) is 11.4. The van der Waals surface area contributed by atoms with Gasteiger partial charge < -0.3 is 25.4 Å². The van der Waals surface area contributed by atoms with Crippen molar-refractivity contribution < 1.29 is 19.1 Å². The highest BCUT2D eigenvalue weighted by Crippen LogP contribution is 2.55. The maximum absolute atomic E-state index is 12.5. The molecule has 4 bridgehead atoms. The number of amides is 3. The fourth-order valence-electron chi connectivity index (χ4n) is 6.03. The van der Waals surface area contributed by atoms with Gasteiger partial charge in [0.1, 0.15) is 6.61 Å². The van der Waals surface area contributed by atoms with Crippen LogP contribution < -0.4 is 20.7 Å². The number of urea groups is 1. The molecule has 0 radical (unpaired) electrons. The topological polar surface area (TPSA) is 102 Å². The number of aromatic nitrogens is 1. The fourth-order valence-corrected chi connectivity index (χ4v) is 6.03. The van der Waals surface area contributed by atoms with Crippen LogP contribution in [0.15, 0.2) is 18.3 Å². The van der Waals surface area contributed by atoms with Gasteiger partial charge in [-0.15, -0.1) is 0 Å². The minimum Gasteiger partial charge on any atom is -0.475 e. The second-order valence-corrected chi connectivity index (χ2v) is 9.41. The van der Waals surface area contributed by atoms with Crippen LogP contribution in [0.1, 0.15) is 50.5 Å². The van der Waals surface area contributed by atoms with Gasteiger partial charge in [0.15, 0.2) is 0 Å². The number of pyridine rings is 1. The van der Waals surface area contributed by atoms with E-state index in [4.69, 9.17) is 9.47 Å². The number of hydrogen-bond donors (Lipinski definition) is 3. The number of methoxy groups -OCH3 is 1. The lowest BCUT2D eigenvalue weighted by molar-refractivity contribution is -0.121. The quantitative estimate of drug-likeness (QED) is 0.495. The largest absolute Gasteiger partial charge is 0.475 e. The van der Waals surface area contributed by atoms with Gasteiger partial charge in [0, 0.05) is 43.9 Å². The molecule has 8 nitrogen and oxygen atoms in total. The van der Waals surface area contributed by atoms with Gasteiger partial charge in [-0.05, 0) is 62.3 Å². The monoisotopic (exact) mass is 430 g/mol. The van der Waals surface area contributed by atoms with E-state index in [0.29, 0.717) is 32.2 Å². The molecule has 3 N–H and O–H groups in total. The SMILES string of the molecule is COCCOc1ncccc1CNC(=O)CCNC(=O)NC12CC3CC(CC(C3)C1)C2. The molecule has 4 aliphatic rings. The third-order valence-corrected chi connectivity index (χ3v) is 6.91. The van der Waals surface area contributed by atoms with Gasteiger partial charge in [0.25, 0.3) is 0 Å². The van der Waals surface area contributed by atoms with Crippen molar-refractivity contribution in [2.24, 2.45) is 17.8 Å². The summed E-state index contributed by atoms with van der Waals surface area (Å²) in [6, 6.07) is 3.53. The zero-order valence-corrected chi connectivity index (χ0v) is 18.3. The summed E-state index contributed by atoms with van der Waals surface area (Å²) in [6.07, 6.45) is 9.27. The molecule has 170 valence electrons. The number of ether oxygens (including phenoxy) is 2. The van der Waals surface area contributed by atoms with Gasteiger partial charge in [-0.3, -0.25) is 4.79 Å². The molecule has 0 saturated heterocycles. The van der Waals surface area contributed by atoms with E-state index < -0.39 is 0 Å². The van der Waals surface area contributed by atoms with E-state index in [1.54, 1.807) is 19.4 Å². The van der Waals surface area contributed by atoms with E-state index in [-0.39, 0.29) is 23.9 Å². The normalized spacial score (nSPS) is 28.2. The maximum Gasteiger partial charge on any atom is 0.315 e. The van der Waals surface area contributed by atoms with Crippen molar-refractivity contribution in [3.63, 3.8) is 0 Å². The molecule has 0 aromatic carbocycles. The Labute approximate surface area is 183 Å². The lowest BCUT2D eigenvalue weighted by Gasteiger charge is -2.56. The molecule has 0 atom stereocenters. The third kappa shape index (κ3) is 5.67. The fraction of sp³-hybridized carbons (Fsp3) is 0.696. The second kappa shape index (κ2) is 9.85. The first-order chi connectivity index (χ1) is 15.0. The molecule has 0 spiro atoms. The molecule has 5 rings (SSSR count). The van der Waals surface area contributed by atoms with Crippen LogP contribution in [0.4, 0.5) is 4.79 Å². The van der Waals surface area contributed by atoms with Crippen LogP contribution in [-0.2, 0) is 16.1 Å². The number of hydrogen-bond acceptors (Lipinski definition) is 5. The van der Waals surface area contributed by atoms with Gasteiger partial charge in [0.2, 0.25) is 11.8 Å². The number of nitrogens with zero attached hydrogens (tertiary/aromatic N) is 1. The van der Waals surface area contributed by atoms with Crippen LogP contribution in [0, 0.1) is 17.8 Å². The molecule has 1 aromatic rings. The first-order valence-corrected chi connectivity index (χ1v) is 11.4. The van der Waals surface area contributed by atoms with Crippen molar-refractivity contribution in [1.82, 2.24) is 20.9 Å². The summed E-state index contributed by atoms with van der Waals surface area (Å²) < 4.78 is 10.6. The third-order valence-electron chi connectivity index (χ3n) is 6.91. The van der Waals surface area contributed by atoms with Crippen LogP contribution in [0.5, 0.6) is 5.88 Å². The summed E-state index contributed by atoms with van der Waals surface area (Å²) in [4.78, 5) is 28.9. The number of nitrogens with one attached hydrogen (secondary N) is 3. The lowest BCUT2D eigenvalue weighted by Crippen LogP contribution is -2.61. The van der Waals surface area contributed by atoms with Gasteiger partial charge in [0.05, 0.1) is 6.61 Å². The minimum absolute atomic E-state index is 0.0133. The van der Waals surface area contributed by atoms with Crippen molar-refractivity contribution in [2.75, 3.05) is 26.9 Å². The average molecular weight is 431 g/mol. The maximum atomic E-state index is 12.5. The zero-order valence-electron chi connectivity index (χ0n) is 18.3. The van der Waals surface area contributed by atoms with Crippen LogP contribution in [0.2, 0.25) is 0 Å². The van der Waals surface area contributed by atoms with Crippen molar-refractivity contribution >= 4 is 11.9 Å². The summed E-state index contributed by atoms with van der Waals surface area (Å²) in [5.74, 6) is 2.73. The predicted molar refractivity (Wildman–Crippen MR) is 116 cm³/mol. The molecule has 4 fully saturated rings. The molecule has 4 saturated carbocycles. The molecule has 1 aromatic heterocycles. The van der Waals surface area contributed by atoms with Crippen LogP contribution in [-0.4, -0.2) is 49.3 Å². The molecule has 0 aliphatic heterocycles. The first kappa shape index (κ1) is 21.9. The molecule has 0 unspecified atom stereocenters. The minimum atomic E-state index is -0.143. The van der Waals surface area contributed by atoms with Gasteiger partial charge in [-0.1, -0.05) is 6.07 Å². The van der Waals surface area contributed by atoms with Crippen molar-refractivity contribution in [3.8, 4) is 5.88 Å². The highest BCUT2D eigenvalue weighted by molar-refractivity contribution is 5.78. The highest BCUT2D eigenvalue weighted by atomic mass is 16.5. The lowest BCUT2D eigenvalue weighted by atomic mass is 9.53. The smallest absolute Gasteiger partial charge is 0.315 e. The molecular formula is C23H34N4O4. The van der Waals surface area contributed by atoms with E-state index >= 15 is 0 Å². The molecule has 4 aliphatic carbocycles. The number of rotatable bonds is 10. The molecule has 1 heterocycles. The second-order valence-electron chi connectivity index (χ2n) is 9.41. The Hall–Kier alpha value is -2.35. The molecule has 3 amide bonds. The summed E-state index contributed by atoms with van der Waals surface area (Å²) in [7, 11) is 1.61. The van der Waals surface area contributed by atoms with Crippen LogP contribution in [0.3, 0.4) is 0 Å². The van der Waals surface area contributed by atoms with Crippen molar-refractivity contribution in [1.29, 1.82) is 0 Å². The number of carbonyl (C=O) groups is 2. The Morgan fingerprint density at radius 2 is 1.81 bits per heavy atom. The van der Waals surface area contributed by atoms with E-state index in [0.717, 1.165) is 42.6 Å². The van der Waals surface area contributed by atoms with Gasteiger partial charge in [-0.25, -0.2) is 9.78 Å². The average Bonchev–Trinajstić information content (AvgIpc) is 2.72. The molecule has 31 heavy (non-hydrogen) atoms. The van der Waals surface area contributed by atoms with Crippen molar-refractivity contribution in [2.45, 2.75) is 57.0 Å². The molecular weight excluding hydrogens is 396 g/mol. The van der Waals surface area contributed by atoms with E-state index in [9.17, 15) is 9.59 Å². The van der Waals surface area contributed by atoms with E-state index in [2.05, 4.69) is 20.9 Å². The molecule has 8 heteroatoms. The number of carbonyl (C=O) groups excluding carboxylic acids is 2. The van der Waals surface area contributed by atoms with Crippen LogP contribution in [0.25, 0.3) is 0 Å². The predicted octanol–water partition coefficient (Wildman–Crippen LogP) is 2.38. The highest BCUT2D eigenvalue weighted by Gasteiger charge is 2.51. The summed E-state index contributed by atoms with van der Waals surface area (Å²) in [6.45, 7) is 1.51. The Balaban J connectivity index is 1.16. The van der Waals surface area contributed by atoms with Gasteiger partial charge in [-0.2, -0.15) is 0 Å².